The molecule has 0 saturated carbocycles. The van der Waals surface area contributed by atoms with Crippen molar-refractivity contribution in [1.82, 2.24) is 20.3 Å². The van der Waals surface area contributed by atoms with Gasteiger partial charge in [0.25, 0.3) is 11.8 Å². The predicted octanol–water partition coefficient (Wildman–Crippen LogP) is 5.19. The molecule has 0 aliphatic carbocycles. The molecule has 0 unspecified atom stereocenters. The quantitative estimate of drug-likeness (QED) is 0.166. The Bertz CT molecular complexity index is 913. The molecule has 16 nitrogen and oxygen atoms in total. The highest BCUT2D eigenvalue weighted by Gasteiger charge is 2.13. The third-order valence-corrected chi connectivity index (χ3v) is 7.77. The molecular formula is C35H72N4O12S2. The van der Waals surface area contributed by atoms with E-state index in [0.29, 0.717) is 43.0 Å². The molecule has 0 aliphatic rings. The second-order valence-electron chi connectivity index (χ2n) is 11.8. The monoisotopic (exact) mass is 804 g/mol. The minimum atomic E-state index is -0.509. The van der Waals surface area contributed by atoms with Gasteiger partial charge in [0.2, 0.25) is 11.8 Å². The van der Waals surface area contributed by atoms with E-state index in [-0.39, 0.29) is 49.7 Å². The van der Waals surface area contributed by atoms with Gasteiger partial charge >= 0.3 is 11.9 Å². The maximum absolute atomic E-state index is 11.3. The van der Waals surface area contributed by atoms with Gasteiger partial charge < -0.3 is 19.1 Å². The van der Waals surface area contributed by atoms with Gasteiger partial charge in [-0.2, -0.15) is 33.7 Å². The van der Waals surface area contributed by atoms with Crippen LogP contribution in [0.1, 0.15) is 102 Å². The molecule has 4 amide bonds. The molecule has 18 heteroatoms. The van der Waals surface area contributed by atoms with E-state index in [2.05, 4.69) is 37.4 Å². The van der Waals surface area contributed by atoms with Crippen molar-refractivity contribution in [2.75, 3.05) is 67.1 Å². The molecule has 0 atom stereocenters. The van der Waals surface area contributed by atoms with Gasteiger partial charge in [-0.1, -0.05) is 35.1 Å². The van der Waals surface area contributed by atoms with E-state index >= 15 is 0 Å². The standard InChI is InChI=1S/C9H17NO4.C9H17NO3S.C8H17NO3.C8H17NO2S.CH4/c1-7(2)13-6-5-9(12)10(4)14-8(3)11;1-7(2)14-6-5-9(12)10(4)13-8(3)11;2*1-7(2)12-6-5-8(10)9(3)11-4;/h2*7H,5-6H2,1-4H3;2*7H,5-6H2,1-4H3;1H4. The summed E-state index contributed by atoms with van der Waals surface area (Å²) in [6, 6.07) is 0. The van der Waals surface area contributed by atoms with Crippen molar-refractivity contribution in [3.63, 3.8) is 0 Å². The molecule has 0 aliphatic heterocycles. The summed E-state index contributed by atoms with van der Waals surface area (Å²) in [6.45, 7) is 19.3. The first-order valence-corrected chi connectivity index (χ1v) is 19.1. The van der Waals surface area contributed by atoms with E-state index in [9.17, 15) is 28.8 Å². The number of ether oxygens (including phenoxy) is 2. The number of carbonyl (C=O) groups is 6. The number of nitrogens with zero attached hydrogens (tertiary/aromatic N) is 4. The molecule has 0 aromatic carbocycles. The summed E-state index contributed by atoms with van der Waals surface area (Å²) < 4.78 is 10.4. The maximum Gasteiger partial charge on any atom is 0.329 e. The van der Waals surface area contributed by atoms with E-state index in [1.54, 1.807) is 37.6 Å². The summed E-state index contributed by atoms with van der Waals surface area (Å²) in [5, 5.41) is 5.48. The molecule has 0 N–H and O–H groups in total. The summed E-state index contributed by atoms with van der Waals surface area (Å²) in [5.41, 5.74) is 0. The van der Waals surface area contributed by atoms with Crippen LogP contribution in [0.15, 0.2) is 0 Å². The van der Waals surface area contributed by atoms with E-state index < -0.39 is 11.9 Å². The largest absolute Gasteiger partial charge is 0.378 e. The average Bonchev–Trinajstić information content (AvgIpc) is 3.03. The minimum Gasteiger partial charge on any atom is -0.378 e. The summed E-state index contributed by atoms with van der Waals surface area (Å²) in [5.74, 6) is 0.146. The second-order valence-corrected chi connectivity index (χ2v) is 15.1. The highest BCUT2D eigenvalue weighted by atomic mass is 32.2. The van der Waals surface area contributed by atoms with Crippen LogP contribution in [0.4, 0.5) is 0 Å². The third-order valence-electron chi connectivity index (χ3n) is 5.55. The number of hydroxylamine groups is 8. The lowest BCUT2D eigenvalue weighted by Crippen LogP contribution is -2.29. The number of hydrogen-bond donors (Lipinski definition) is 0. The van der Waals surface area contributed by atoms with Crippen molar-refractivity contribution in [2.45, 2.75) is 125 Å². The van der Waals surface area contributed by atoms with Crippen molar-refractivity contribution in [2.24, 2.45) is 0 Å². The van der Waals surface area contributed by atoms with E-state index in [4.69, 9.17) is 19.1 Å². The lowest BCUT2D eigenvalue weighted by atomic mass is 10.4. The molecule has 0 rings (SSSR count). The van der Waals surface area contributed by atoms with Crippen LogP contribution in [0.25, 0.3) is 0 Å². The lowest BCUT2D eigenvalue weighted by molar-refractivity contribution is -0.191. The SMILES string of the molecule is C.CC(=O)ON(C)C(=O)CCOC(C)C.CC(=O)ON(C)C(=O)CCSC(C)C.CON(C)C(=O)CCOC(C)C.CON(C)C(=O)CCSC(C)C. The Labute approximate surface area is 328 Å². The van der Waals surface area contributed by atoms with Crippen LogP contribution in [0.2, 0.25) is 0 Å². The molecule has 0 bridgehead atoms. The summed E-state index contributed by atoms with van der Waals surface area (Å²) >= 11 is 3.49. The van der Waals surface area contributed by atoms with Gasteiger partial charge in [-0.25, -0.2) is 10.1 Å². The lowest BCUT2D eigenvalue weighted by Gasteiger charge is -2.15. The van der Waals surface area contributed by atoms with Crippen LogP contribution in [-0.2, 0) is 57.6 Å². The summed E-state index contributed by atoms with van der Waals surface area (Å²) in [7, 11) is 9.01. The Kier molecular flexibility index (Phi) is 42.4. The number of thioether (sulfide) groups is 2. The number of amides is 4. The molecule has 0 aromatic rings. The Morgan fingerprint density at radius 1 is 0.491 bits per heavy atom. The van der Waals surface area contributed by atoms with Gasteiger partial charge in [-0.05, 0) is 38.2 Å². The first-order valence-electron chi connectivity index (χ1n) is 17.0. The Morgan fingerprint density at radius 2 is 0.755 bits per heavy atom. The highest BCUT2D eigenvalue weighted by Crippen LogP contribution is 2.11. The zero-order valence-electron chi connectivity index (χ0n) is 34.5. The molecule has 0 radical (unpaired) electrons. The van der Waals surface area contributed by atoms with Crippen molar-refractivity contribution < 1.29 is 57.6 Å². The van der Waals surface area contributed by atoms with Gasteiger partial charge in [0, 0.05) is 66.4 Å². The Balaban J connectivity index is -0.000000193. The topological polar surface area (TPSA) is 171 Å². The molecule has 53 heavy (non-hydrogen) atoms. The summed E-state index contributed by atoms with van der Waals surface area (Å²) in [4.78, 5) is 84.4. The fourth-order valence-corrected chi connectivity index (χ4v) is 4.38. The fourth-order valence-electron chi connectivity index (χ4n) is 2.85. The van der Waals surface area contributed by atoms with Crippen LogP contribution in [0.5, 0.6) is 0 Å². The van der Waals surface area contributed by atoms with E-state index in [1.165, 1.54) is 52.3 Å². The number of carbonyl (C=O) groups excluding carboxylic acids is 6. The highest BCUT2D eigenvalue weighted by molar-refractivity contribution is 8.00. The second kappa shape index (κ2) is 37.7. The molecule has 0 fully saturated rings. The summed E-state index contributed by atoms with van der Waals surface area (Å²) in [6.07, 6.45) is 1.79. The Hall–Kier alpha value is -2.64. The van der Waals surface area contributed by atoms with E-state index in [1.807, 2.05) is 27.7 Å². The predicted molar refractivity (Wildman–Crippen MR) is 211 cm³/mol. The number of rotatable bonds is 18. The van der Waals surface area contributed by atoms with Gasteiger partial charge in [-0.15, -0.1) is 0 Å². The normalized spacial score (nSPS) is 10.0. The van der Waals surface area contributed by atoms with Gasteiger partial charge in [-0.3, -0.25) is 38.4 Å². The van der Waals surface area contributed by atoms with E-state index in [0.717, 1.165) is 21.6 Å². The average molecular weight is 805 g/mol. The number of hydrogen-bond acceptors (Lipinski definition) is 14. The Morgan fingerprint density at radius 3 is 1.00 bits per heavy atom. The minimum absolute atomic E-state index is 0. The van der Waals surface area contributed by atoms with Crippen molar-refractivity contribution in [3.8, 4) is 0 Å². The first-order chi connectivity index (χ1) is 24.0. The van der Waals surface area contributed by atoms with Crippen LogP contribution in [0.3, 0.4) is 0 Å². The molecule has 316 valence electrons. The molecule has 0 spiro atoms. The molecule has 0 aromatic heterocycles. The van der Waals surface area contributed by atoms with Crippen LogP contribution < -0.4 is 0 Å². The molecular weight excluding hydrogens is 733 g/mol. The zero-order valence-corrected chi connectivity index (χ0v) is 36.1. The van der Waals surface area contributed by atoms with Crippen LogP contribution in [-0.4, -0.2) is 146 Å². The van der Waals surface area contributed by atoms with Crippen LogP contribution in [0, 0.1) is 0 Å². The van der Waals surface area contributed by atoms with Crippen molar-refractivity contribution in [1.29, 1.82) is 0 Å². The first kappa shape index (κ1) is 59.6. The van der Waals surface area contributed by atoms with Gasteiger partial charge in [0.1, 0.15) is 0 Å². The fraction of sp³-hybridized carbons (Fsp3) is 0.829. The van der Waals surface area contributed by atoms with Crippen LogP contribution >= 0.6 is 23.5 Å². The van der Waals surface area contributed by atoms with Gasteiger partial charge in [0.15, 0.2) is 0 Å². The molecule has 0 heterocycles. The zero-order chi connectivity index (χ0) is 41.4. The van der Waals surface area contributed by atoms with Gasteiger partial charge in [0.05, 0.1) is 52.5 Å². The maximum atomic E-state index is 11.3. The van der Waals surface area contributed by atoms with Crippen molar-refractivity contribution >= 4 is 59.1 Å². The third kappa shape index (κ3) is 45.4. The molecule has 0 saturated heterocycles. The smallest absolute Gasteiger partial charge is 0.329 e. The van der Waals surface area contributed by atoms with Crippen molar-refractivity contribution in [3.05, 3.63) is 0 Å².